The standard InChI is InChI=1S/C15H15Cl2FN2/c1-9-3-4-11(7-19-9)8-20-10(2)14-12(16)5-6-13(18)15(14)17/h3-7,10,20H,8H2,1-2H3. The summed E-state index contributed by atoms with van der Waals surface area (Å²) >= 11 is 12.1. The number of nitrogens with one attached hydrogen (secondary N) is 1. The van der Waals surface area contributed by atoms with Crippen LogP contribution in [0.1, 0.15) is 29.8 Å². The molecule has 0 bridgehead atoms. The van der Waals surface area contributed by atoms with Gasteiger partial charge in [0.05, 0.1) is 5.02 Å². The zero-order valence-electron chi connectivity index (χ0n) is 11.3. The minimum absolute atomic E-state index is 0.0690. The Morgan fingerprint density at radius 1 is 1.25 bits per heavy atom. The van der Waals surface area contributed by atoms with Crippen LogP contribution < -0.4 is 5.32 Å². The van der Waals surface area contributed by atoms with Crippen LogP contribution in [0.2, 0.25) is 10.0 Å². The number of hydrogen-bond acceptors (Lipinski definition) is 2. The summed E-state index contributed by atoms with van der Waals surface area (Å²) in [6.45, 7) is 4.44. The van der Waals surface area contributed by atoms with Crippen LogP contribution >= 0.6 is 23.2 Å². The first-order valence-corrected chi connectivity index (χ1v) is 7.03. The predicted octanol–water partition coefficient (Wildman–Crippen LogP) is 4.69. The molecule has 0 amide bonds. The largest absolute Gasteiger partial charge is 0.306 e. The maximum Gasteiger partial charge on any atom is 0.142 e. The Labute approximate surface area is 127 Å². The van der Waals surface area contributed by atoms with Crippen molar-refractivity contribution in [1.29, 1.82) is 0 Å². The molecule has 106 valence electrons. The van der Waals surface area contributed by atoms with Crippen molar-refractivity contribution >= 4 is 23.2 Å². The van der Waals surface area contributed by atoms with Crippen molar-refractivity contribution in [2.45, 2.75) is 26.4 Å². The van der Waals surface area contributed by atoms with E-state index in [0.717, 1.165) is 11.3 Å². The van der Waals surface area contributed by atoms with Crippen molar-refractivity contribution in [3.8, 4) is 0 Å². The number of pyridine rings is 1. The van der Waals surface area contributed by atoms with Crippen molar-refractivity contribution in [2.75, 3.05) is 0 Å². The molecule has 0 saturated heterocycles. The van der Waals surface area contributed by atoms with Gasteiger partial charge < -0.3 is 5.32 Å². The molecule has 1 N–H and O–H groups in total. The van der Waals surface area contributed by atoms with E-state index in [4.69, 9.17) is 23.2 Å². The average Bonchev–Trinajstić information content (AvgIpc) is 2.43. The molecule has 0 aliphatic heterocycles. The molecule has 2 nitrogen and oxygen atoms in total. The molecule has 1 aromatic carbocycles. The number of halogens is 3. The number of nitrogens with zero attached hydrogens (tertiary/aromatic N) is 1. The molecular weight excluding hydrogens is 298 g/mol. The lowest BCUT2D eigenvalue weighted by Crippen LogP contribution is -2.19. The molecule has 0 aliphatic rings. The third kappa shape index (κ3) is 3.48. The van der Waals surface area contributed by atoms with Gasteiger partial charge >= 0.3 is 0 Å². The first-order chi connectivity index (χ1) is 9.49. The Hall–Kier alpha value is -1.16. The molecule has 0 spiro atoms. The maximum absolute atomic E-state index is 13.5. The van der Waals surface area contributed by atoms with Gasteiger partial charge in [-0.2, -0.15) is 0 Å². The highest BCUT2D eigenvalue weighted by atomic mass is 35.5. The summed E-state index contributed by atoms with van der Waals surface area (Å²) in [5.41, 5.74) is 2.59. The predicted molar refractivity (Wildman–Crippen MR) is 80.6 cm³/mol. The van der Waals surface area contributed by atoms with Crippen molar-refractivity contribution in [2.24, 2.45) is 0 Å². The van der Waals surface area contributed by atoms with Crippen LogP contribution in [0.3, 0.4) is 0 Å². The minimum atomic E-state index is -0.461. The molecular formula is C15H15Cl2FN2. The lowest BCUT2D eigenvalue weighted by atomic mass is 10.1. The smallest absolute Gasteiger partial charge is 0.142 e. The highest BCUT2D eigenvalue weighted by Gasteiger charge is 2.16. The number of hydrogen-bond donors (Lipinski definition) is 1. The van der Waals surface area contributed by atoms with Crippen LogP contribution in [-0.2, 0) is 6.54 Å². The van der Waals surface area contributed by atoms with Crippen LogP contribution in [-0.4, -0.2) is 4.98 Å². The summed E-state index contributed by atoms with van der Waals surface area (Å²) in [4.78, 5) is 4.23. The van der Waals surface area contributed by atoms with Gasteiger partial charge in [0.25, 0.3) is 0 Å². The average molecular weight is 313 g/mol. The number of aromatic nitrogens is 1. The topological polar surface area (TPSA) is 24.9 Å². The van der Waals surface area contributed by atoms with Crippen molar-refractivity contribution in [3.05, 3.63) is 63.1 Å². The van der Waals surface area contributed by atoms with E-state index in [1.165, 1.54) is 12.1 Å². The van der Waals surface area contributed by atoms with Gasteiger partial charge in [0.2, 0.25) is 0 Å². The van der Waals surface area contributed by atoms with Crippen molar-refractivity contribution in [3.63, 3.8) is 0 Å². The second-order valence-corrected chi connectivity index (χ2v) is 5.45. The SMILES string of the molecule is Cc1ccc(CNC(C)c2c(Cl)ccc(F)c2Cl)cn1. The molecule has 1 atom stereocenters. The summed E-state index contributed by atoms with van der Waals surface area (Å²) in [6, 6.07) is 6.57. The van der Waals surface area contributed by atoms with Gasteiger partial charge in [0.1, 0.15) is 5.82 Å². The Balaban J connectivity index is 2.11. The third-order valence-electron chi connectivity index (χ3n) is 3.10. The summed E-state index contributed by atoms with van der Waals surface area (Å²) < 4.78 is 13.5. The maximum atomic E-state index is 13.5. The summed E-state index contributed by atoms with van der Waals surface area (Å²) in [7, 11) is 0. The van der Waals surface area contributed by atoms with E-state index in [-0.39, 0.29) is 11.1 Å². The Bertz CT molecular complexity index is 600. The Morgan fingerprint density at radius 2 is 2.00 bits per heavy atom. The fourth-order valence-electron chi connectivity index (χ4n) is 1.92. The number of aryl methyl sites for hydroxylation is 1. The van der Waals surface area contributed by atoms with Crippen molar-refractivity contribution in [1.82, 2.24) is 10.3 Å². The first-order valence-electron chi connectivity index (χ1n) is 6.27. The number of rotatable bonds is 4. The molecule has 0 radical (unpaired) electrons. The van der Waals surface area contributed by atoms with E-state index < -0.39 is 5.82 Å². The summed E-state index contributed by atoms with van der Waals surface area (Å²) in [5.74, 6) is -0.461. The van der Waals surface area contributed by atoms with E-state index in [9.17, 15) is 4.39 Å². The van der Waals surface area contributed by atoms with Gasteiger partial charge in [-0.1, -0.05) is 29.3 Å². The Morgan fingerprint density at radius 3 is 2.65 bits per heavy atom. The Kier molecular flexibility index (Phi) is 4.97. The summed E-state index contributed by atoms with van der Waals surface area (Å²) in [6.07, 6.45) is 1.81. The minimum Gasteiger partial charge on any atom is -0.306 e. The van der Waals surface area contributed by atoms with Gasteiger partial charge in [-0.25, -0.2) is 4.39 Å². The van der Waals surface area contributed by atoms with E-state index in [0.29, 0.717) is 17.1 Å². The fraction of sp³-hybridized carbons (Fsp3) is 0.267. The lowest BCUT2D eigenvalue weighted by Gasteiger charge is -2.17. The van der Waals surface area contributed by atoms with Gasteiger partial charge in [-0.05, 0) is 37.6 Å². The molecule has 1 aromatic heterocycles. The van der Waals surface area contributed by atoms with E-state index in [1.54, 1.807) is 0 Å². The fourth-order valence-corrected chi connectivity index (χ4v) is 2.61. The third-order valence-corrected chi connectivity index (χ3v) is 3.81. The molecule has 20 heavy (non-hydrogen) atoms. The van der Waals surface area contributed by atoms with Crippen LogP contribution in [0.15, 0.2) is 30.5 Å². The van der Waals surface area contributed by atoms with E-state index in [1.807, 2.05) is 32.2 Å². The quantitative estimate of drug-likeness (QED) is 0.829. The molecule has 1 unspecified atom stereocenters. The second kappa shape index (κ2) is 6.53. The van der Waals surface area contributed by atoms with Crippen LogP contribution in [0, 0.1) is 12.7 Å². The van der Waals surface area contributed by atoms with Gasteiger partial charge in [0, 0.05) is 35.1 Å². The molecule has 1 heterocycles. The van der Waals surface area contributed by atoms with Crippen LogP contribution in [0.4, 0.5) is 4.39 Å². The second-order valence-electron chi connectivity index (χ2n) is 4.67. The van der Waals surface area contributed by atoms with E-state index in [2.05, 4.69) is 10.3 Å². The molecule has 2 rings (SSSR count). The number of benzene rings is 1. The van der Waals surface area contributed by atoms with Gasteiger partial charge in [-0.15, -0.1) is 0 Å². The molecule has 2 aromatic rings. The molecule has 0 aliphatic carbocycles. The summed E-state index contributed by atoms with van der Waals surface area (Å²) in [5, 5.41) is 3.79. The van der Waals surface area contributed by atoms with Crippen molar-refractivity contribution < 1.29 is 4.39 Å². The monoisotopic (exact) mass is 312 g/mol. The van der Waals surface area contributed by atoms with Gasteiger partial charge in [-0.3, -0.25) is 4.98 Å². The van der Waals surface area contributed by atoms with E-state index >= 15 is 0 Å². The highest BCUT2D eigenvalue weighted by Crippen LogP contribution is 2.32. The highest BCUT2D eigenvalue weighted by molar-refractivity contribution is 6.36. The van der Waals surface area contributed by atoms with Crippen LogP contribution in [0.25, 0.3) is 0 Å². The van der Waals surface area contributed by atoms with Gasteiger partial charge in [0.15, 0.2) is 0 Å². The zero-order valence-corrected chi connectivity index (χ0v) is 12.8. The lowest BCUT2D eigenvalue weighted by molar-refractivity contribution is 0.565. The zero-order chi connectivity index (χ0) is 14.7. The molecule has 0 saturated carbocycles. The normalized spacial score (nSPS) is 12.4. The first kappa shape index (κ1) is 15.2. The molecule has 5 heteroatoms. The molecule has 0 fully saturated rings. The van der Waals surface area contributed by atoms with Crippen LogP contribution in [0.5, 0.6) is 0 Å².